The molecule has 0 saturated heterocycles. The Balaban J connectivity index is 1.93. The van der Waals surface area contributed by atoms with E-state index in [0.717, 1.165) is 19.6 Å². The summed E-state index contributed by atoms with van der Waals surface area (Å²) in [6.45, 7) is 5.16. The van der Waals surface area contributed by atoms with Gasteiger partial charge < -0.3 is 10.2 Å². The number of nitrogens with zero attached hydrogens (tertiary/aromatic N) is 1. The van der Waals surface area contributed by atoms with Gasteiger partial charge in [0.25, 0.3) is 0 Å². The molecule has 1 aliphatic rings. The number of benzene rings is 2. The van der Waals surface area contributed by atoms with E-state index in [-0.39, 0.29) is 0 Å². The van der Waals surface area contributed by atoms with E-state index in [1.54, 1.807) is 0 Å². The lowest BCUT2D eigenvalue weighted by atomic mass is 10.1. The Kier molecular flexibility index (Phi) is 4.08. The molecule has 0 spiro atoms. The molecule has 2 aromatic carbocycles. The fourth-order valence-corrected chi connectivity index (χ4v) is 3.14. The van der Waals surface area contributed by atoms with Crippen LogP contribution in [0.2, 0.25) is 0 Å². The largest absolute Gasteiger partial charge is 0.365 e. The molecule has 0 radical (unpaired) electrons. The maximum atomic E-state index is 3.66. The first kappa shape index (κ1) is 13.7. The number of anilines is 1. The van der Waals surface area contributed by atoms with Crippen LogP contribution in [0, 0.1) is 0 Å². The topological polar surface area (TPSA) is 15.3 Å². The van der Waals surface area contributed by atoms with Crippen molar-refractivity contribution in [1.29, 1.82) is 0 Å². The minimum atomic E-state index is 0.491. The third kappa shape index (κ3) is 2.89. The molecular formula is C17H19BrN2. The minimum absolute atomic E-state index is 0.491. The molecule has 0 amide bonds. The smallest absolute Gasteiger partial charge is 0.0441 e. The van der Waals surface area contributed by atoms with Gasteiger partial charge in [0.1, 0.15) is 0 Å². The van der Waals surface area contributed by atoms with Gasteiger partial charge in [0.05, 0.1) is 0 Å². The van der Waals surface area contributed by atoms with E-state index < -0.39 is 0 Å². The highest BCUT2D eigenvalue weighted by molar-refractivity contribution is 9.10. The van der Waals surface area contributed by atoms with Gasteiger partial charge in [-0.25, -0.2) is 0 Å². The van der Waals surface area contributed by atoms with Crippen molar-refractivity contribution in [3.05, 3.63) is 64.1 Å². The fourth-order valence-electron chi connectivity index (χ4n) is 2.73. The SMILES string of the molecule is CC1CN(Cc2ccccc2Br)c2ccccc2CN1. The second kappa shape index (κ2) is 5.98. The summed E-state index contributed by atoms with van der Waals surface area (Å²) in [5, 5.41) is 3.58. The van der Waals surface area contributed by atoms with Crippen LogP contribution in [0.3, 0.4) is 0 Å². The molecule has 1 aliphatic heterocycles. The highest BCUT2D eigenvalue weighted by Crippen LogP contribution is 2.27. The molecule has 0 bridgehead atoms. The van der Waals surface area contributed by atoms with Gasteiger partial charge in [0.15, 0.2) is 0 Å². The number of rotatable bonds is 2. The first-order valence-corrected chi connectivity index (χ1v) is 7.83. The number of hydrogen-bond acceptors (Lipinski definition) is 2. The Bertz CT molecular complexity index is 597. The lowest BCUT2D eigenvalue weighted by Gasteiger charge is -2.27. The summed E-state index contributed by atoms with van der Waals surface area (Å²) >= 11 is 3.66. The van der Waals surface area contributed by atoms with E-state index >= 15 is 0 Å². The summed E-state index contributed by atoms with van der Waals surface area (Å²) in [5.74, 6) is 0. The van der Waals surface area contributed by atoms with Gasteiger partial charge in [-0.2, -0.15) is 0 Å². The van der Waals surface area contributed by atoms with E-state index in [0.29, 0.717) is 6.04 Å². The maximum absolute atomic E-state index is 3.66. The van der Waals surface area contributed by atoms with Crippen molar-refractivity contribution in [2.45, 2.75) is 26.1 Å². The van der Waals surface area contributed by atoms with Gasteiger partial charge in [0.2, 0.25) is 0 Å². The number of halogens is 1. The molecule has 3 heteroatoms. The van der Waals surface area contributed by atoms with Crippen molar-refractivity contribution < 1.29 is 0 Å². The number of hydrogen-bond donors (Lipinski definition) is 1. The number of para-hydroxylation sites is 1. The van der Waals surface area contributed by atoms with Gasteiger partial charge in [0, 0.05) is 35.8 Å². The number of fused-ring (bicyclic) bond motifs is 1. The van der Waals surface area contributed by atoms with Crippen LogP contribution in [0.15, 0.2) is 53.0 Å². The van der Waals surface area contributed by atoms with E-state index in [1.165, 1.54) is 21.3 Å². The second-order valence-corrected chi connectivity index (χ2v) is 6.24. The van der Waals surface area contributed by atoms with Crippen LogP contribution in [-0.2, 0) is 13.1 Å². The molecule has 20 heavy (non-hydrogen) atoms. The van der Waals surface area contributed by atoms with Crippen molar-refractivity contribution in [3.8, 4) is 0 Å². The zero-order chi connectivity index (χ0) is 13.9. The highest BCUT2D eigenvalue weighted by atomic mass is 79.9. The zero-order valence-corrected chi connectivity index (χ0v) is 13.2. The molecule has 0 fully saturated rings. The van der Waals surface area contributed by atoms with Crippen LogP contribution in [0.5, 0.6) is 0 Å². The Morgan fingerprint density at radius 2 is 1.90 bits per heavy atom. The van der Waals surface area contributed by atoms with Crippen molar-refractivity contribution in [2.75, 3.05) is 11.4 Å². The lowest BCUT2D eigenvalue weighted by Crippen LogP contribution is -2.35. The quantitative estimate of drug-likeness (QED) is 0.896. The van der Waals surface area contributed by atoms with Crippen LogP contribution in [-0.4, -0.2) is 12.6 Å². The molecule has 2 aromatic rings. The summed E-state index contributed by atoms with van der Waals surface area (Å²) in [5.41, 5.74) is 4.06. The molecule has 104 valence electrons. The Hall–Kier alpha value is -1.32. The van der Waals surface area contributed by atoms with Crippen molar-refractivity contribution in [2.24, 2.45) is 0 Å². The number of nitrogens with one attached hydrogen (secondary N) is 1. The third-order valence-corrected chi connectivity index (χ3v) is 4.56. The molecule has 3 rings (SSSR count). The summed E-state index contributed by atoms with van der Waals surface area (Å²) in [6.07, 6.45) is 0. The van der Waals surface area contributed by atoms with Crippen molar-refractivity contribution in [3.63, 3.8) is 0 Å². The van der Waals surface area contributed by atoms with E-state index in [2.05, 4.69) is 81.6 Å². The molecule has 2 nitrogen and oxygen atoms in total. The van der Waals surface area contributed by atoms with Crippen LogP contribution < -0.4 is 10.2 Å². The first-order chi connectivity index (χ1) is 9.74. The van der Waals surface area contributed by atoms with Gasteiger partial charge in [-0.1, -0.05) is 52.3 Å². The average Bonchev–Trinajstić information content (AvgIpc) is 2.62. The molecule has 0 aliphatic carbocycles. The van der Waals surface area contributed by atoms with Crippen LogP contribution in [0.1, 0.15) is 18.1 Å². The predicted octanol–water partition coefficient (Wildman–Crippen LogP) is 3.95. The highest BCUT2D eigenvalue weighted by Gasteiger charge is 2.19. The first-order valence-electron chi connectivity index (χ1n) is 7.03. The summed E-state index contributed by atoms with van der Waals surface area (Å²) in [4.78, 5) is 2.47. The molecular weight excluding hydrogens is 312 g/mol. The Morgan fingerprint density at radius 1 is 1.15 bits per heavy atom. The molecule has 1 unspecified atom stereocenters. The van der Waals surface area contributed by atoms with E-state index in [4.69, 9.17) is 0 Å². The summed E-state index contributed by atoms with van der Waals surface area (Å²) < 4.78 is 1.18. The lowest BCUT2D eigenvalue weighted by molar-refractivity contribution is 0.552. The van der Waals surface area contributed by atoms with Gasteiger partial charge >= 0.3 is 0 Å². The van der Waals surface area contributed by atoms with Gasteiger partial charge in [-0.3, -0.25) is 0 Å². The molecule has 1 N–H and O–H groups in total. The third-order valence-electron chi connectivity index (χ3n) is 3.79. The van der Waals surface area contributed by atoms with Crippen molar-refractivity contribution >= 4 is 21.6 Å². The Morgan fingerprint density at radius 3 is 2.75 bits per heavy atom. The Labute approximate surface area is 128 Å². The van der Waals surface area contributed by atoms with Crippen LogP contribution >= 0.6 is 15.9 Å². The summed E-state index contributed by atoms with van der Waals surface area (Å²) in [7, 11) is 0. The van der Waals surface area contributed by atoms with E-state index in [9.17, 15) is 0 Å². The average molecular weight is 331 g/mol. The monoisotopic (exact) mass is 330 g/mol. The zero-order valence-electron chi connectivity index (χ0n) is 11.6. The van der Waals surface area contributed by atoms with Crippen molar-refractivity contribution in [1.82, 2.24) is 5.32 Å². The standard InChI is InChI=1S/C17H19BrN2/c1-13-11-20(12-15-7-2-4-8-16(15)18)17-9-5-3-6-14(17)10-19-13/h2-9,13,19H,10-12H2,1H3. The molecule has 1 atom stereocenters. The van der Waals surface area contributed by atoms with Crippen LogP contribution in [0.4, 0.5) is 5.69 Å². The van der Waals surface area contributed by atoms with Gasteiger partial charge in [-0.15, -0.1) is 0 Å². The normalized spacial score (nSPS) is 18.5. The maximum Gasteiger partial charge on any atom is 0.0441 e. The second-order valence-electron chi connectivity index (χ2n) is 5.38. The molecule has 1 heterocycles. The molecule has 0 aromatic heterocycles. The fraction of sp³-hybridized carbons (Fsp3) is 0.294. The van der Waals surface area contributed by atoms with Gasteiger partial charge in [-0.05, 0) is 30.2 Å². The van der Waals surface area contributed by atoms with E-state index in [1.807, 2.05) is 0 Å². The summed E-state index contributed by atoms with van der Waals surface area (Å²) in [6, 6.07) is 17.6. The minimum Gasteiger partial charge on any atom is -0.365 e. The predicted molar refractivity (Wildman–Crippen MR) is 87.9 cm³/mol. The van der Waals surface area contributed by atoms with Crippen LogP contribution in [0.25, 0.3) is 0 Å². The molecule has 0 saturated carbocycles.